The van der Waals surface area contributed by atoms with E-state index in [1.54, 1.807) is 7.05 Å². The number of nitrogens with one attached hydrogen (secondary N) is 3. The summed E-state index contributed by atoms with van der Waals surface area (Å²) in [6, 6.07) is 11.1. The van der Waals surface area contributed by atoms with Crippen molar-refractivity contribution >= 4 is 11.9 Å². The van der Waals surface area contributed by atoms with Gasteiger partial charge in [0.2, 0.25) is 5.91 Å². The van der Waals surface area contributed by atoms with E-state index in [0.717, 1.165) is 38.4 Å². The molecule has 1 aromatic rings. The Morgan fingerprint density at radius 2 is 1.72 bits per heavy atom. The molecule has 6 heteroatoms. The van der Waals surface area contributed by atoms with Crippen LogP contribution in [0.25, 0.3) is 0 Å². The van der Waals surface area contributed by atoms with E-state index in [4.69, 9.17) is 0 Å². The molecule has 0 unspecified atom stereocenters. The van der Waals surface area contributed by atoms with Gasteiger partial charge in [-0.25, -0.2) is 0 Å². The quantitative estimate of drug-likeness (QED) is 0.357. The molecule has 0 radical (unpaired) electrons. The second-order valence-electron chi connectivity index (χ2n) is 8.38. The molecule has 29 heavy (non-hydrogen) atoms. The summed E-state index contributed by atoms with van der Waals surface area (Å²) < 4.78 is 0. The van der Waals surface area contributed by atoms with E-state index in [1.807, 2.05) is 0 Å². The SMILES string of the molecule is CN=C(NCCNC(=O)CC1CCCC1)NC1CCN(Cc2ccccc2)CC1. The summed E-state index contributed by atoms with van der Waals surface area (Å²) in [5, 5.41) is 9.89. The number of carbonyl (C=O) groups is 1. The Balaban J connectivity index is 1.27. The first-order valence-corrected chi connectivity index (χ1v) is 11.2. The second-order valence-corrected chi connectivity index (χ2v) is 8.38. The van der Waals surface area contributed by atoms with Gasteiger partial charge < -0.3 is 16.0 Å². The molecule has 1 amide bonds. The molecule has 2 aliphatic rings. The highest BCUT2D eigenvalue weighted by Crippen LogP contribution is 2.27. The van der Waals surface area contributed by atoms with Crippen LogP contribution in [0.4, 0.5) is 0 Å². The third kappa shape index (κ3) is 7.69. The molecule has 3 N–H and O–H groups in total. The second kappa shape index (κ2) is 11.8. The van der Waals surface area contributed by atoms with E-state index in [-0.39, 0.29) is 5.91 Å². The van der Waals surface area contributed by atoms with E-state index in [1.165, 1.54) is 31.2 Å². The first kappa shape index (κ1) is 21.6. The Morgan fingerprint density at radius 1 is 1.03 bits per heavy atom. The van der Waals surface area contributed by atoms with E-state index in [2.05, 4.69) is 56.2 Å². The zero-order valence-corrected chi connectivity index (χ0v) is 17.8. The molecule has 0 atom stereocenters. The monoisotopic (exact) mass is 399 g/mol. The molecular weight excluding hydrogens is 362 g/mol. The lowest BCUT2D eigenvalue weighted by Crippen LogP contribution is -2.49. The number of aliphatic imine (C=N–C) groups is 1. The first-order chi connectivity index (χ1) is 14.2. The van der Waals surface area contributed by atoms with Gasteiger partial charge in [-0.1, -0.05) is 43.2 Å². The number of piperidine rings is 1. The number of nitrogens with zero attached hydrogens (tertiary/aromatic N) is 2. The molecule has 1 saturated carbocycles. The van der Waals surface area contributed by atoms with Crippen LogP contribution in [-0.4, -0.2) is 56.0 Å². The molecule has 160 valence electrons. The van der Waals surface area contributed by atoms with Gasteiger partial charge in [0.1, 0.15) is 0 Å². The molecule has 0 aromatic heterocycles. The third-order valence-corrected chi connectivity index (χ3v) is 6.09. The normalized spacial score (nSPS) is 19.3. The van der Waals surface area contributed by atoms with Crippen LogP contribution < -0.4 is 16.0 Å². The number of rotatable bonds is 8. The minimum absolute atomic E-state index is 0.187. The number of hydrogen-bond acceptors (Lipinski definition) is 3. The van der Waals surface area contributed by atoms with Crippen molar-refractivity contribution in [2.24, 2.45) is 10.9 Å². The zero-order valence-electron chi connectivity index (χ0n) is 17.8. The van der Waals surface area contributed by atoms with E-state index in [9.17, 15) is 4.79 Å². The van der Waals surface area contributed by atoms with E-state index < -0.39 is 0 Å². The predicted molar refractivity (Wildman–Crippen MR) is 119 cm³/mol. The lowest BCUT2D eigenvalue weighted by atomic mass is 10.0. The van der Waals surface area contributed by atoms with Gasteiger partial charge in [-0.2, -0.15) is 0 Å². The standard InChI is InChI=1S/C23H37N5O/c1-24-23(26-14-13-25-22(29)17-19-7-5-6-8-19)27-21-11-15-28(16-12-21)18-20-9-3-2-4-10-20/h2-4,9-10,19,21H,5-8,11-18H2,1H3,(H,25,29)(H2,24,26,27). The van der Waals surface area contributed by atoms with Crippen molar-refractivity contribution in [3.63, 3.8) is 0 Å². The summed E-state index contributed by atoms with van der Waals surface area (Å²) in [6.07, 6.45) is 7.92. The summed E-state index contributed by atoms with van der Waals surface area (Å²) in [6.45, 7) is 4.56. The minimum atomic E-state index is 0.187. The molecule has 1 aliphatic carbocycles. The highest BCUT2D eigenvalue weighted by atomic mass is 16.1. The number of amides is 1. The fourth-order valence-corrected chi connectivity index (χ4v) is 4.40. The average Bonchev–Trinajstić information content (AvgIpc) is 3.25. The molecule has 0 spiro atoms. The average molecular weight is 400 g/mol. The molecule has 1 heterocycles. The van der Waals surface area contributed by atoms with Crippen LogP contribution in [0.1, 0.15) is 50.5 Å². The summed E-state index contributed by atoms with van der Waals surface area (Å²) in [4.78, 5) is 18.9. The Kier molecular flexibility index (Phi) is 8.81. The largest absolute Gasteiger partial charge is 0.355 e. The van der Waals surface area contributed by atoms with Crippen molar-refractivity contribution in [1.82, 2.24) is 20.9 Å². The Hall–Kier alpha value is -2.08. The fraction of sp³-hybridized carbons (Fsp3) is 0.652. The van der Waals surface area contributed by atoms with Crippen LogP contribution in [0.5, 0.6) is 0 Å². The van der Waals surface area contributed by atoms with Gasteiger partial charge in [-0.3, -0.25) is 14.7 Å². The lowest BCUT2D eigenvalue weighted by Gasteiger charge is -2.33. The summed E-state index contributed by atoms with van der Waals surface area (Å²) >= 11 is 0. The molecule has 1 aromatic carbocycles. The van der Waals surface area contributed by atoms with E-state index in [0.29, 0.717) is 31.5 Å². The number of benzene rings is 1. The van der Waals surface area contributed by atoms with Crippen LogP contribution in [0, 0.1) is 5.92 Å². The van der Waals surface area contributed by atoms with Crippen molar-refractivity contribution in [2.75, 3.05) is 33.2 Å². The van der Waals surface area contributed by atoms with Crippen LogP contribution >= 0.6 is 0 Å². The highest BCUT2D eigenvalue weighted by Gasteiger charge is 2.20. The molecule has 6 nitrogen and oxygen atoms in total. The van der Waals surface area contributed by atoms with Gasteiger partial charge in [0, 0.05) is 52.2 Å². The minimum Gasteiger partial charge on any atom is -0.355 e. The van der Waals surface area contributed by atoms with Gasteiger partial charge >= 0.3 is 0 Å². The molecule has 0 bridgehead atoms. The topological polar surface area (TPSA) is 68.8 Å². The van der Waals surface area contributed by atoms with Gasteiger partial charge in [0.15, 0.2) is 5.96 Å². The van der Waals surface area contributed by atoms with Crippen molar-refractivity contribution in [3.05, 3.63) is 35.9 Å². The molecule has 1 aliphatic heterocycles. The van der Waals surface area contributed by atoms with Gasteiger partial charge in [-0.05, 0) is 37.2 Å². The van der Waals surface area contributed by atoms with Crippen molar-refractivity contribution in [3.8, 4) is 0 Å². The van der Waals surface area contributed by atoms with E-state index >= 15 is 0 Å². The maximum Gasteiger partial charge on any atom is 0.220 e. The zero-order chi connectivity index (χ0) is 20.3. The van der Waals surface area contributed by atoms with Crippen LogP contribution in [0.2, 0.25) is 0 Å². The smallest absolute Gasteiger partial charge is 0.220 e. The predicted octanol–water partition coefficient (Wildman–Crippen LogP) is 2.51. The van der Waals surface area contributed by atoms with Crippen molar-refractivity contribution in [1.29, 1.82) is 0 Å². The number of carbonyl (C=O) groups excluding carboxylic acids is 1. The fourth-order valence-electron chi connectivity index (χ4n) is 4.40. The number of guanidine groups is 1. The summed E-state index contributed by atoms with van der Waals surface area (Å²) in [5.41, 5.74) is 1.38. The van der Waals surface area contributed by atoms with Crippen molar-refractivity contribution in [2.45, 2.75) is 57.5 Å². The maximum absolute atomic E-state index is 12.0. The van der Waals surface area contributed by atoms with Crippen molar-refractivity contribution < 1.29 is 4.79 Å². The van der Waals surface area contributed by atoms with Crippen LogP contribution in [0.15, 0.2) is 35.3 Å². The summed E-state index contributed by atoms with van der Waals surface area (Å²) in [5.74, 6) is 1.62. The number of likely N-dealkylation sites (tertiary alicyclic amines) is 1. The lowest BCUT2D eigenvalue weighted by molar-refractivity contribution is -0.121. The molecule has 3 rings (SSSR count). The molecular formula is C23H37N5O. The van der Waals surface area contributed by atoms with Gasteiger partial charge in [0.25, 0.3) is 0 Å². The maximum atomic E-state index is 12.0. The number of hydrogen-bond donors (Lipinski definition) is 3. The molecule has 1 saturated heterocycles. The summed E-state index contributed by atoms with van der Waals surface area (Å²) in [7, 11) is 1.80. The third-order valence-electron chi connectivity index (χ3n) is 6.09. The van der Waals surface area contributed by atoms with Crippen LogP contribution in [-0.2, 0) is 11.3 Å². The van der Waals surface area contributed by atoms with Gasteiger partial charge in [-0.15, -0.1) is 0 Å². The first-order valence-electron chi connectivity index (χ1n) is 11.2. The van der Waals surface area contributed by atoms with Gasteiger partial charge in [0.05, 0.1) is 0 Å². The molecule has 2 fully saturated rings. The Labute approximate surface area is 175 Å². The highest BCUT2D eigenvalue weighted by molar-refractivity contribution is 5.80. The Morgan fingerprint density at radius 3 is 2.41 bits per heavy atom. The Bertz CT molecular complexity index is 634. The van der Waals surface area contributed by atoms with Crippen LogP contribution in [0.3, 0.4) is 0 Å².